The van der Waals surface area contributed by atoms with Gasteiger partial charge in [-0.2, -0.15) is 0 Å². The lowest BCUT2D eigenvalue weighted by Crippen LogP contribution is -2.18. The van der Waals surface area contributed by atoms with Crippen molar-refractivity contribution in [2.45, 2.75) is 0 Å². The van der Waals surface area contributed by atoms with Gasteiger partial charge in [-0.15, -0.1) is 0 Å². The van der Waals surface area contributed by atoms with Crippen LogP contribution in [-0.4, -0.2) is 11.8 Å². The van der Waals surface area contributed by atoms with Crippen LogP contribution in [-0.2, 0) is 0 Å². The van der Waals surface area contributed by atoms with Crippen molar-refractivity contribution in [2.24, 2.45) is 5.73 Å². The van der Waals surface area contributed by atoms with Crippen LogP contribution in [0.25, 0.3) is 0 Å². The minimum atomic E-state index is -0.614. The summed E-state index contributed by atoms with van der Waals surface area (Å²) in [6.45, 7) is 0. The predicted octanol–water partition coefficient (Wildman–Crippen LogP) is 2.27. The van der Waals surface area contributed by atoms with Gasteiger partial charge in [0.15, 0.2) is 0 Å². The van der Waals surface area contributed by atoms with E-state index < -0.39 is 11.8 Å². The van der Waals surface area contributed by atoms with E-state index in [9.17, 15) is 9.59 Å². The van der Waals surface area contributed by atoms with Crippen LogP contribution in [0.5, 0.6) is 0 Å². The molecule has 102 valence electrons. The molecule has 5 N–H and O–H groups in total. The van der Waals surface area contributed by atoms with Crippen molar-refractivity contribution in [1.82, 2.24) is 0 Å². The number of carbonyl (C=O) groups is 2. The van der Waals surface area contributed by atoms with Gasteiger partial charge in [0.05, 0.1) is 22.0 Å². The molecule has 2 rings (SSSR count). The number of halogens is 1. The fourth-order valence-corrected chi connectivity index (χ4v) is 1.80. The third-order valence-electron chi connectivity index (χ3n) is 2.70. The molecule has 0 aliphatic rings. The Hall–Kier alpha value is -2.53. The summed E-state index contributed by atoms with van der Waals surface area (Å²) in [7, 11) is 0. The molecule has 5 nitrogen and oxygen atoms in total. The van der Waals surface area contributed by atoms with E-state index in [0.29, 0.717) is 22.0 Å². The van der Waals surface area contributed by atoms with E-state index in [1.807, 2.05) is 0 Å². The molecule has 0 spiro atoms. The molecule has 2 aromatic rings. The first kappa shape index (κ1) is 13.9. The van der Waals surface area contributed by atoms with Gasteiger partial charge in [-0.25, -0.2) is 0 Å². The van der Waals surface area contributed by atoms with Crippen molar-refractivity contribution in [1.29, 1.82) is 0 Å². The number of benzene rings is 2. The predicted molar refractivity (Wildman–Crippen MR) is 78.8 cm³/mol. The molecule has 0 saturated heterocycles. The average molecular weight is 290 g/mol. The average Bonchev–Trinajstić information content (AvgIpc) is 2.42. The molecule has 2 aromatic carbocycles. The molecular formula is C14H12ClN3O2. The number of primary amides is 1. The van der Waals surface area contributed by atoms with E-state index in [-0.39, 0.29) is 5.56 Å². The number of para-hydroxylation sites is 1. The topological polar surface area (TPSA) is 98.2 Å². The highest BCUT2D eigenvalue weighted by molar-refractivity contribution is 6.33. The van der Waals surface area contributed by atoms with Crippen molar-refractivity contribution >= 4 is 34.8 Å². The number of carbonyl (C=O) groups excluding carboxylic acids is 2. The molecule has 2 amide bonds. The third kappa shape index (κ3) is 2.89. The second-order valence-corrected chi connectivity index (χ2v) is 4.51. The molecule has 0 heterocycles. The van der Waals surface area contributed by atoms with Crippen molar-refractivity contribution < 1.29 is 9.59 Å². The summed E-state index contributed by atoms with van der Waals surface area (Å²) in [5.41, 5.74) is 12.1. The molecule has 0 aromatic heterocycles. The van der Waals surface area contributed by atoms with E-state index >= 15 is 0 Å². The number of anilines is 2. The summed E-state index contributed by atoms with van der Waals surface area (Å²) < 4.78 is 0. The molecule has 0 saturated carbocycles. The van der Waals surface area contributed by atoms with Crippen LogP contribution in [0.3, 0.4) is 0 Å². The summed E-state index contributed by atoms with van der Waals surface area (Å²) in [6.07, 6.45) is 0. The third-order valence-corrected chi connectivity index (χ3v) is 3.04. The van der Waals surface area contributed by atoms with E-state index in [1.54, 1.807) is 24.3 Å². The van der Waals surface area contributed by atoms with Gasteiger partial charge in [-0.05, 0) is 30.3 Å². The summed E-state index contributed by atoms with van der Waals surface area (Å²) in [4.78, 5) is 23.4. The molecule has 0 atom stereocenters. The highest BCUT2D eigenvalue weighted by Crippen LogP contribution is 2.21. The van der Waals surface area contributed by atoms with Gasteiger partial charge in [0, 0.05) is 5.56 Å². The van der Waals surface area contributed by atoms with Gasteiger partial charge in [0.1, 0.15) is 0 Å². The van der Waals surface area contributed by atoms with Crippen LogP contribution in [0.2, 0.25) is 5.02 Å². The molecule has 0 aliphatic heterocycles. The summed E-state index contributed by atoms with van der Waals surface area (Å²) >= 11 is 5.79. The maximum atomic E-state index is 12.1. The highest BCUT2D eigenvalue weighted by atomic mass is 35.5. The molecule has 6 heteroatoms. The molecule has 0 aliphatic carbocycles. The summed E-state index contributed by atoms with van der Waals surface area (Å²) in [5.74, 6) is -1.02. The normalized spacial score (nSPS) is 10.1. The molecule has 0 unspecified atom stereocenters. The lowest BCUT2D eigenvalue weighted by Gasteiger charge is -2.09. The quantitative estimate of drug-likeness (QED) is 0.756. The maximum absolute atomic E-state index is 12.1. The minimum absolute atomic E-state index is 0.239. The Kier molecular flexibility index (Phi) is 3.91. The second kappa shape index (κ2) is 5.63. The number of nitrogen functional groups attached to an aromatic ring is 1. The Balaban J connectivity index is 2.28. The van der Waals surface area contributed by atoms with Gasteiger partial charge in [-0.1, -0.05) is 23.7 Å². The van der Waals surface area contributed by atoms with Crippen molar-refractivity contribution in [3.8, 4) is 0 Å². The van der Waals surface area contributed by atoms with Crippen LogP contribution in [0.1, 0.15) is 20.7 Å². The number of nitrogens with two attached hydrogens (primary N) is 2. The highest BCUT2D eigenvalue weighted by Gasteiger charge is 2.12. The summed E-state index contributed by atoms with van der Waals surface area (Å²) in [5, 5.41) is 2.99. The fraction of sp³-hybridized carbons (Fsp3) is 0. The first-order valence-corrected chi connectivity index (χ1v) is 6.12. The van der Waals surface area contributed by atoms with Crippen molar-refractivity contribution in [3.63, 3.8) is 0 Å². The second-order valence-electron chi connectivity index (χ2n) is 4.10. The minimum Gasteiger partial charge on any atom is -0.398 e. The first-order valence-electron chi connectivity index (χ1n) is 5.74. The van der Waals surface area contributed by atoms with Crippen LogP contribution in [0, 0.1) is 0 Å². The van der Waals surface area contributed by atoms with Gasteiger partial charge in [-0.3, -0.25) is 9.59 Å². The zero-order valence-corrected chi connectivity index (χ0v) is 11.1. The molecule has 0 radical (unpaired) electrons. The van der Waals surface area contributed by atoms with Gasteiger partial charge >= 0.3 is 0 Å². The Morgan fingerprint density at radius 3 is 2.45 bits per heavy atom. The van der Waals surface area contributed by atoms with E-state index in [2.05, 4.69) is 5.32 Å². The van der Waals surface area contributed by atoms with Gasteiger partial charge in [0.2, 0.25) is 0 Å². The monoisotopic (exact) mass is 289 g/mol. The molecule has 0 bridgehead atoms. The number of hydrogen-bond acceptors (Lipinski definition) is 3. The SMILES string of the molecule is NC(=O)c1ccccc1NC(=O)c1ccc(Cl)c(N)c1. The number of nitrogens with one attached hydrogen (secondary N) is 1. The fourth-order valence-electron chi connectivity index (χ4n) is 1.69. The zero-order valence-electron chi connectivity index (χ0n) is 10.4. The maximum Gasteiger partial charge on any atom is 0.255 e. The molecule has 0 fully saturated rings. The Morgan fingerprint density at radius 1 is 1.10 bits per heavy atom. The lowest BCUT2D eigenvalue weighted by molar-refractivity contribution is 0.100. The van der Waals surface area contributed by atoms with Gasteiger partial charge in [0.25, 0.3) is 11.8 Å². The lowest BCUT2D eigenvalue weighted by atomic mass is 10.1. The standard InChI is InChI=1S/C14H12ClN3O2/c15-10-6-5-8(7-11(10)16)14(20)18-12-4-2-1-3-9(12)13(17)19/h1-7H,16H2,(H2,17,19)(H,18,20). The Bertz CT molecular complexity index is 686. The van der Waals surface area contributed by atoms with Gasteiger partial charge < -0.3 is 16.8 Å². The smallest absolute Gasteiger partial charge is 0.255 e. The Labute approximate surface area is 120 Å². The zero-order chi connectivity index (χ0) is 14.7. The van der Waals surface area contributed by atoms with E-state index in [1.165, 1.54) is 18.2 Å². The summed E-state index contributed by atoms with van der Waals surface area (Å²) in [6, 6.07) is 11.0. The van der Waals surface area contributed by atoms with Crippen LogP contribution in [0.15, 0.2) is 42.5 Å². The molecule has 20 heavy (non-hydrogen) atoms. The number of hydrogen-bond donors (Lipinski definition) is 3. The number of rotatable bonds is 3. The van der Waals surface area contributed by atoms with Crippen LogP contribution < -0.4 is 16.8 Å². The van der Waals surface area contributed by atoms with Crippen molar-refractivity contribution in [2.75, 3.05) is 11.1 Å². The largest absolute Gasteiger partial charge is 0.398 e. The molecular weight excluding hydrogens is 278 g/mol. The Morgan fingerprint density at radius 2 is 1.80 bits per heavy atom. The van der Waals surface area contributed by atoms with Crippen molar-refractivity contribution in [3.05, 3.63) is 58.6 Å². The van der Waals surface area contributed by atoms with Crippen LogP contribution in [0.4, 0.5) is 11.4 Å². The van der Waals surface area contributed by atoms with Crippen LogP contribution >= 0.6 is 11.6 Å². The first-order chi connectivity index (χ1) is 9.49. The number of amides is 2. The van der Waals surface area contributed by atoms with E-state index in [4.69, 9.17) is 23.1 Å². The van der Waals surface area contributed by atoms with E-state index in [0.717, 1.165) is 0 Å².